The van der Waals surface area contributed by atoms with Crippen LogP contribution in [0.5, 0.6) is 0 Å². The molecule has 0 saturated heterocycles. The van der Waals surface area contributed by atoms with Gasteiger partial charge in [0.25, 0.3) is 0 Å². The Hall–Kier alpha value is -1.76. The second kappa shape index (κ2) is 6.13. The van der Waals surface area contributed by atoms with Crippen LogP contribution in [0, 0.1) is 0 Å². The zero-order chi connectivity index (χ0) is 14.6. The molecule has 0 aliphatic rings. The summed E-state index contributed by atoms with van der Waals surface area (Å²) in [5.74, 6) is -0.160. The lowest BCUT2D eigenvalue weighted by Gasteiger charge is -2.02. The number of carbonyl (C=O) groups is 1. The van der Waals surface area contributed by atoms with E-state index in [4.69, 9.17) is 0 Å². The minimum absolute atomic E-state index is 0.138. The summed E-state index contributed by atoms with van der Waals surface area (Å²) in [5.41, 5.74) is 0.452. The van der Waals surface area contributed by atoms with Gasteiger partial charge in [0.05, 0.1) is 4.90 Å². The van der Waals surface area contributed by atoms with E-state index in [1.807, 2.05) is 17.5 Å². The molecule has 0 spiro atoms. The van der Waals surface area contributed by atoms with Crippen LogP contribution in [0.1, 0.15) is 15.2 Å². The van der Waals surface area contributed by atoms with Gasteiger partial charge in [0, 0.05) is 10.4 Å². The summed E-state index contributed by atoms with van der Waals surface area (Å²) < 4.78 is 25.3. The van der Waals surface area contributed by atoms with Crippen molar-refractivity contribution in [2.45, 2.75) is 4.90 Å². The van der Waals surface area contributed by atoms with Gasteiger partial charge in [-0.05, 0) is 54.9 Å². The van der Waals surface area contributed by atoms with E-state index >= 15 is 0 Å². The van der Waals surface area contributed by atoms with Gasteiger partial charge in [-0.1, -0.05) is 6.07 Å². The van der Waals surface area contributed by atoms with E-state index < -0.39 is 10.0 Å². The second-order valence-corrected chi connectivity index (χ2v) is 6.81. The van der Waals surface area contributed by atoms with Crippen LogP contribution in [0.2, 0.25) is 0 Å². The van der Waals surface area contributed by atoms with Crippen LogP contribution in [0.15, 0.2) is 52.7 Å². The van der Waals surface area contributed by atoms with E-state index in [2.05, 4.69) is 4.72 Å². The molecule has 2 aromatic rings. The van der Waals surface area contributed by atoms with E-state index in [9.17, 15) is 13.2 Å². The van der Waals surface area contributed by atoms with Gasteiger partial charge in [0.1, 0.15) is 0 Å². The number of ketones is 1. The Balaban J connectivity index is 2.16. The molecule has 2 rings (SSSR count). The summed E-state index contributed by atoms with van der Waals surface area (Å²) in [5, 5.41) is 1.93. The first-order chi connectivity index (χ1) is 9.53. The number of hydrogen-bond acceptors (Lipinski definition) is 4. The Morgan fingerprint density at radius 3 is 2.45 bits per heavy atom. The molecule has 1 N–H and O–H groups in total. The first-order valence-electron chi connectivity index (χ1n) is 5.82. The molecule has 0 saturated carbocycles. The number of rotatable bonds is 5. The fourth-order valence-corrected chi connectivity index (χ4v) is 2.90. The Labute approximate surface area is 121 Å². The van der Waals surface area contributed by atoms with Crippen LogP contribution in [-0.2, 0) is 10.0 Å². The van der Waals surface area contributed by atoms with Crippen LogP contribution >= 0.6 is 11.3 Å². The molecule has 0 unspecified atom stereocenters. The quantitative estimate of drug-likeness (QED) is 0.682. The third-order valence-corrected chi connectivity index (χ3v) is 4.93. The Morgan fingerprint density at radius 2 is 1.90 bits per heavy atom. The number of sulfonamides is 1. The van der Waals surface area contributed by atoms with E-state index in [0.29, 0.717) is 5.56 Å². The first kappa shape index (κ1) is 14.6. The van der Waals surface area contributed by atoms with Crippen LogP contribution < -0.4 is 4.72 Å². The van der Waals surface area contributed by atoms with Crippen LogP contribution in [0.4, 0.5) is 0 Å². The van der Waals surface area contributed by atoms with Gasteiger partial charge in [-0.3, -0.25) is 4.79 Å². The molecule has 0 fully saturated rings. The van der Waals surface area contributed by atoms with Crippen molar-refractivity contribution in [3.63, 3.8) is 0 Å². The number of hydrogen-bond donors (Lipinski definition) is 1. The molecule has 1 heterocycles. The average molecular weight is 307 g/mol. The third-order valence-electron chi connectivity index (χ3n) is 2.66. The highest BCUT2D eigenvalue weighted by Crippen LogP contribution is 2.13. The fraction of sp³-hybridized carbons (Fsp3) is 0.0714. The lowest BCUT2D eigenvalue weighted by molar-refractivity contribution is 0.104. The van der Waals surface area contributed by atoms with E-state index in [1.54, 1.807) is 17.4 Å². The maximum Gasteiger partial charge on any atom is 0.240 e. The van der Waals surface area contributed by atoms with Gasteiger partial charge >= 0.3 is 0 Å². The molecular weight excluding hydrogens is 294 g/mol. The van der Waals surface area contributed by atoms with Gasteiger partial charge in [0.2, 0.25) is 10.0 Å². The maximum absolute atomic E-state index is 11.9. The highest BCUT2D eigenvalue weighted by atomic mass is 32.2. The molecule has 4 nitrogen and oxygen atoms in total. The molecule has 0 atom stereocenters. The van der Waals surface area contributed by atoms with Crippen molar-refractivity contribution in [2.24, 2.45) is 0 Å². The van der Waals surface area contributed by atoms with E-state index in [0.717, 1.165) is 4.88 Å². The average Bonchev–Trinajstić information content (AvgIpc) is 2.98. The summed E-state index contributed by atoms with van der Waals surface area (Å²) in [6.07, 6.45) is 3.22. The summed E-state index contributed by atoms with van der Waals surface area (Å²) in [4.78, 5) is 13.1. The Bertz CT molecular complexity index is 714. The zero-order valence-corrected chi connectivity index (χ0v) is 12.4. The van der Waals surface area contributed by atoms with Crippen molar-refractivity contribution >= 4 is 33.2 Å². The Kier molecular flexibility index (Phi) is 4.49. The summed E-state index contributed by atoms with van der Waals surface area (Å²) >= 11 is 1.54. The zero-order valence-electron chi connectivity index (χ0n) is 10.7. The van der Waals surface area contributed by atoms with Gasteiger partial charge < -0.3 is 0 Å². The van der Waals surface area contributed by atoms with Crippen molar-refractivity contribution in [3.8, 4) is 0 Å². The number of nitrogens with one attached hydrogen (secondary N) is 1. The molecule has 0 aliphatic heterocycles. The summed E-state index contributed by atoms with van der Waals surface area (Å²) in [7, 11) is -2.12. The third kappa shape index (κ3) is 3.41. The molecule has 20 heavy (non-hydrogen) atoms. The van der Waals surface area contributed by atoms with Crippen LogP contribution in [0.3, 0.4) is 0 Å². The van der Waals surface area contributed by atoms with Crippen LogP contribution in [0.25, 0.3) is 6.08 Å². The molecule has 0 radical (unpaired) electrons. The lowest BCUT2D eigenvalue weighted by Crippen LogP contribution is -2.18. The maximum atomic E-state index is 11.9. The van der Waals surface area contributed by atoms with Crippen molar-refractivity contribution in [1.82, 2.24) is 4.72 Å². The molecule has 6 heteroatoms. The normalized spacial score (nSPS) is 11.8. The van der Waals surface area contributed by atoms with Gasteiger partial charge in [-0.25, -0.2) is 13.1 Å². The molecule has 1 aromatic carbocycles. The number of allylic oxidation sites excluding steroid dienone is 1. The van der Waals surface area contributed by atoms with Crippen LogP contribution in [-0.4, -0.2) is 21.2 Å². The molecule has 0 aliphatic carbocycles. The predicted octanol–water partition coefficient (Wildman–Crippen LogP) is 2.55. The van der Waals surface area contributed by atoms with Crippen molar-refractivity contribution in [3.05, 3.63) is 58.3 Å². The minimum Gasteiger partial charge on any atom is -0.289 e. The van der Waals surface area contributed by atoms with Crippen molar-refractivity contribution < 1.29 is 13.2 Å². The topological polar surface area (TPSA) is 63.2 Å². The van der Waals surface area contributed by atoms with Gasteiger partial charge in [0.15, 0.2) is 5.78 Å². The number of benzene rings is 1. The van der Waals surface area contributed by atoms with E-state index in [1.165, 1.54) is 37.4 Å². The SMILES string of the molecule is CNS(=O)(=O)c1ccc(C(=O)/C=C/c2cccs2)cc1. The lowest BCUT2D eigenvalue weighted by atomic mass is 10.1. The highest BCUT2D eigenvalue weighted by molar-refractivity contribution is 7.89. The minimum atomic E-state index is -3.47. The molecule has 1 aromatic heterocycles. The standard InChI is InChI=1S/C14H13NO3S2/c1-15-20(17,18)13-7-4-11(5-8-13)14(16)9-6-12-3-2-10-19-12/h2-10,15H,1H3/b9-6+. The second-order valence-electron chi connectivity index (χ2n) is 3.94. The fourth-order valence-electron chi connectivity index (χ4n) is 1.56. The highest BCUT2D eigenvalue weighted by Gasteiger charge is 2.11. The number of carbonyl (C=O) groups excluding carboxylic acids is 1. The number of thiophene rings is 1. The summed E-state index contributed by atoms with van der Waals surface area (Å²) in [6, 6.07) is 9.66. The molecule has 104 valence electrons. The monoisotopic (exact) mass is 307 g/mol. The van der Waals surface area contributed by atoms with Crippen molar-refractivity contribution in [1.29, 1.82) is 0 Å². The van der Waals surface area contributed by atoms with Crippen molar-refractivity contribution in [2.75, 3.05) is 7.05 Å². The molecule has 0 bridgehead atoms. The Morgan fingerprint density at radius 1 is 1.20 bits per heavy atom. The smallest absolute Gasteiger partial charge is 0.240 e. The molecular formula is C14H13NO3S2. The first-order valence-corrected chi connectivity index (χ1v) is 8.19. The largest absolute Gasteiger partial charge is 0.289 e. The van der Waals surface area contributed by atoms with Gasteiger partial charge in [-0.15, -0.1) is 11.3 Å². The van der Waals surface area contributed by atoms with E-state index in [-0.39, 0.29) is 10.7 Å². The predicted molar refractivity (Wildman–Crippen MR) is 80.4 cm³/mol. The summed E-state index contributed by atoms with van der Waals surface area (Å²) in [6.45, 7) is 0. The molecule has 0 amide bonds. The van der Waals surface area contributed by atoms with Gasteiger partial charge in [-0.2, -0.15) is 0 Å².